The summed E-state index contributed by atoms with van der Waals surface area (Å²) in [5, 5.41) is 5.53. The lowest BCUT2D eigenvalue weighted by Crippen LogP contribution is -2.33. The van der Waals surface area contributed by atoms with Crippen LogP contribution in [-0.2, 0) is 12.8 Å². The normalized spacial score (nSPS) is 12.4. The predicted molar refractivity (Wildman–Crippen MR) is 92.8 cm³/mol. The van der Waals surface area contributed by atoms with E-state index < -0.39 is 0 Å². The zero-order valence-electron chi connectivity index (χ0n) is 11.9. The fourth-order valence-corrected chi connectivity index (χ4v) is 2.90. The van der Waals surface area contributed by atoms with Crippen LogP contribution in [0.2, 0.25) is 15.1 Å². The van der Waals surface area contributed by atoms with Gasteiger partial charge in [-0.05, 0) is 48.7 Å². The van der Waals surface area contributed by atoms with E-state index in [4.69, 9.17) is 34.8 Å². The van der Waals surface area contributed by atoms with Crippen LogP contribution in [0.4, 0.5) is 0 Å². The Kier molecular flexibility index (Phi) is 6.38. The van der Waals surface area contributed by atoms with E-state index in [-0.39, 0.29) is 0 Å². The van der Waals surface area contributed by atoms with Crippen LogP contribution in [-0.4, -0.2) is 12.6 Å². The van der Waals surface area contributed by atoms with Crippen molar-refractivity contribution in [1.82, 2.24) is 5.32 Å². The van der Waals surface area contributed by atoms with Crippen LogP contribution in [0.5, 0.6) is 0 Å². The minimum Gasteiger partial charge on any atom is -0.314 e. The molecule has 2 rings (SSSR count). The Morgan fingerprint density at radius 1 is 0.952 bits per heavy atom. The first kappa shape index (κ1) is 16.6. The van der Waals surface area contributed by atoms with Gasteiger partial charge in [-0.2, -0.15) is 0 Å². The Labute approximate surface area is 141 Å². The van der Waals surface area contributed by atoms with E-state index in [1.165, 1.54) is 5.56 Å². The van der Waals surface area contributed by atoms with E-state index in [9.17, 15) is 0 Å². The summed E-state index contributed by atoms with van der Waals surface area (Å²) in [4.78, 5) is 0. The van der Waals surface area contributed by atoms with E-state index in [0.29, 0.717) is 16.1 Å². The maximum atomic E-state index is 6.28. The molecule has 0 saturated heterocycles. The molecule has 0 aliphatic rings. The molecule has 0 heterocycles. The molecule has 0 aliphatic carbocycles. The fourth-order valence-electron chi connectivity index (χ4n) is 2.38. The number of nitrogens with one attached hydrogen (secondary N) is 1. The van der Waals surface area contributed by atoms with Gasteiger partial charge in [-0.15, -0.1) is 0 Å². The average Bonchev–Trinajstić information content (AvgIpc) is 2.46. The molecule has 0 fully saturated rings. The number of benzene rings is 2. The average molecular weight is 343 g/mol. The zero-order valence-corrected chi connectivity index (χ0v) is 14.1. The van der Waals surface area contributed by atoms with Gasteiger partial charge >= 0.3 is 0 Å². The first-order chi connectivity index (χ1) is 10.1. The van der Waals surface area contributed by atoms with Gasteiger partial charge in [0.25, 0.3) is 0 Å². The minimum atomic E-state index is 0.312. The molecule has 4 heteroatoms. The first-order valence-corrected chi connectivity index (χ1v) is 8.14. The number of halogens is 3. The third kappa shape index (κ3) is 4.89. The summed E-state index contributed by atoms with van der Waals surface area (Å²) >= 11 is 18.3. The van der Waals surface area contributed by atoms with Crippen molar-refractivity contribution in [3.05, 3.63) is 68.7 Å². The van der Waals surface area contributed by atoms with Crippen molar-refractivity contribution < 1.29 is 0 Å². The SMILES string of the molecule is CCNC(Cc1ccc(Cl)cc1)Cc1cccc(Cl)c1Cl. The molecule has 0 bridgehead atoms. The third-order valence-corrected chi connectivity index (χ3v) is 4.50. The van der Waals surface area contributed by atoms with Crippen molar-refractivity contribution in [3.63, 3.8) is 0 Å². The maximum Gasteiger partial charge on any atom is 0.0624 e. The highest BCUT2D eigenvalue weighted by atomic mass is 35.5. The van der Waals surface area contributed by atoms with Gasteiger partial charge in [-0.25, -0.2) is 0 Å². The summed E-state index contributed by atoms with van der Waals surface area (Å²) in [6.45, 7) is 3.02. The van der Waals surface area contributed by atoms with Gasteiger partial charge in [0.05, 0.1) is 10.0 Å². The van der Waals surface area contributed by atoms with Gasteiger partial charge in [0.1, 0.15) is 0 Å². The number of rotatable bonds is 6. The maximum absolute atomic E-state index is 6.28. The molecule has 1 unspecified atom stereocenters. The topological polar surface area (TPSA) is 12.0 Å². The number of hydrogen-bond donors (Lipinski definition) is 1. The molecular weight excluding hydrogens is 325 g/mol. The molecule has 0 amide bonds. The van der Waals surface area contributed by atoms with Crippen molar-refractivity contribution in [3.8, 4) is 0 Å². The zero-order chi connectivity index (χ0) is 15.2. The van der Waals surface area contributed by atoms with Gasteiger partial charge in [-0.1, -0.05) is 66.0 Å². The summed E-state index contributed by atoms with van der Waals surface area (Å²) in [5.74, 6) is 0. The molecule has 1 atom stereocenters. The van der Waals surface area contributed by atoms with Crippen LogP contribution in [0.15, 0.2) is 42.5 Å². The second kappa shape index (κ2) is 8.05. The molecule has 2 aromatic carbocycles. The minimum absolute atomic E-state index is 0.312. The number of likely N-dealkylation sites (N-methyl/N-ethyl adjacent to an activating group) is 1. The summed E-state index contributed by atoms with van der Waals surface area (Å²) in [6.07, 6.45) is 1.77. The Bertz CT molecular complexity index is 581. The molecule has 21 heavy (non-hydrogen) atoms. The molecule has 2 aromatic rings. The first-order valence-electron chi connectivity index (χ1n) is 7.01. The van der Waals surface area contributed by atoms with Crippen LogP contribution < -0.4 is 5.32 Å². The lowest BCUT2D eigenvalue weighted by atomic mass is 9.99. The van der Waals surface area contributed by atoms with Crippen LogP contribution >= 0.6 is 34.8 Å². The molecule has 0 saturated carbocycles. The van der Waals surface area contributed by atoms with Gasteiger partial charge in [-0.3, -0.25) is 0 Å². The monoisotopic (exact) mass is 341 g/mol. The van der Waals surface area contributed by atoms with Crippen molar-refractivity contribution in [1.29, 1.82) is 0 Å². The van der Waals surface area contributed by atoms with Crippen molar-refractivity contribution in [2.75, 3.05) is 6.54 Å². The van der Waals surface area contributed by atoms with E-state index in [1.54, 1.807) is 0 Å². The molecule has 0 aromatic heterocycles. The summed E-state index contributed by atoms with van der Waals surface area (Å²) < 4.78 is 0. The lowest BCUT2D eigenvalue weighted by Gasteiger charge is -2.19. The van der Waals surface area contributed by atoms with Gasteiger partial charge in [0, 0.05) is 11.1 Å². The summed E-state index contributed by atoms with van der Waals surface area (Å²) in [6, 6.07) is 14.1. The molecule has 0 spiro atoms. The van der Waals surface area contributed by atoms with E-state index >= 15 is 0 Å². The second-order valence-electron chi connectivity index (χ2n) is 5.00. The molecular formula is C17H18Cl3N. The highest BCUT2D eigenvalue weighted by molar-refractivity contribution is 6.42. The van der Waals surface area contributed by atoms with Crippen molar-refractivity contribution in [2.24, 2.45) is 0 Å². The quantitative estimate of drug-likeness (QED) is 0.740. The largest absolute Gasteiger partial charge is 0.314 e. The van der Waals surface area contributed by atoms with Crippen LogP contribution in [0.25, 0.3) is 0 Å². The van der Waals surface area contributed by atoms with Crippen LogP contribution in [0, 0.1) is 0 Å². The highest BCUT2D eigenvalue weighted by Gasteiger charge is 2.13. The van der Waals surface area contributed by atoms with Gasteiger partial charge < -0.3 is 5.32 Å². The Hall–Kier alpha value is -0.730. The molecule has 112 valence electrons. The highest BCUT2D eigenvalue weighted by Crippen LogP contribution is 2.27. The Morgan fingerprint density at radius 2 is 1.67 bits per heavy atom. The fraction of sp³-hybridized carbons (Fsp3) is 0.294. The lowest BCUT2D eigenvalue weighted by molar-refractivity contribution is 0.521. The molecule has 1 N–H and O–H groups in total. The predicted octanol–water partition coefficient (Wildman–Crippen LogP) is 5.41. The number of hydrogen-bond acceptors (Lipinski definition) is 1. The Balaban J connectivity index is 2.11. The van der Waals surface area contributed by atoms with E-state index in [0.717, 1.165) is 30.0 Å². The van der Waals surface area contributed by atoms with Crippen LogP contribution in [0.1, 0.15) is 18.1 Å². The molecule has 0 aliphatic heterocycles. The molecule has 0 radical (unpaired) electrons. The van der Waals surface area contributed by atoms with Gasteiger partial charge in [0.2, 0.25) is 0 Å². The smallest absolute Gasteiger partial charge is 0.0624 e. The summed E-state index contributed by atoms with van der Waals surface area (Å²) in [7, 11) is 0. The standard InChI is InChI=1S/C17H18Cl3N/c1-2-21-15(10-12-6-8-14(18)9-7-12)11-13-4-3-5-16(19)17(13)20/h3-9,15,21H,2,10-11H2,1H3. The Morgan fingerprint density at radius 3 is 2.33 bits per heavy atom. The van der Waals surface area contributed by atoms with Gasteiger partial charge in [0.15, 0.2) is 0 Å². The van der Waals surface area contributed by atoms with E-state index in [1.807, 2.05) is 30.3 Å². The third-order valence-electron chi connectivity index (χ3n) is 3.39. The second-order valence-corrected chi connectivity index (χ2v) is 6.22. The summed E-state index contributed by atoms with van der Waals surface area (Å²) in [5.41, 5.74) is 2.33. The van der Waals surface area contributed by atoms with Crippen molar-refractivity contribution in [2.45, 2.75) is 25.8 Å². The van der Waals surface area contributed by atoms with Crippen molar-refractivity contribution >= 4 is 34.8 Å². The van der Waals surface area contributed by atoms with E-state index in [2.05, 4.69) is 24.4 Å². The molecule has 1 nitrogen and oxygen atoms in total. The van der Waals surface area contributed by atoms with Crippen LogP contribution in [0.3, 0.4) is 0 Å².